The molecule has 0 amide bonds. The van der Waals surface area contributed by atoms with Gasteiger partial charge in [0.15, 0.2) is 0 Å². The first-order valence-electron chi connectivity index (χ1n) is 12.9. The smallest absolute Gasteiger partial charge is 0.0470 e. The van der Waals surface area contributed by atoms with E-state index in [2.05, 4.69) is 157 Å². The van der Waals surface area contributed by atoms with E-state index in [-0.39, 0.29) is 0 Å². The average Bonchev–Trinajstić information content (AvgIpc) is 2.99. The standard InChI is InChI=1S/C36H29N/c1-4-11-27(12-5-1)29-19-22-34(23-20-29)37-36-26-33(21-24-35(36)30-15-8-3-9-16-30)32-18-10-17-31(25-32)28-13-6-2-7-14-28/h1-11,13-27,37H,12H2. The molecule has 0 saturated heterocycles. The van der Waals surface area contributed by atoms with E-state index in [4.69, 9.17) is 0 Å². The van der Waals surface area contributed by atoms with Crippen LogP contribution in [0.2, 0.25) is 0 Å². The summed E-state index contributed by atoms with van der Waals surface area (Å²) in [6.45, 7) is 0. The zero-order valence-electron chi connectivity index (χ0n) is 20.7. The summed E-state index contributed by atoms with van der Waals surface area (Å²) < 4.78 is 0. The summed E-state index contributed by atoms with van der Waals surface area (Å²) in [6.07, 6.45) is 9.85. The molecule has 1 nitrogen and oxygen atoms in total. The lowest BCUT2D eigenvalue weighted by atomic mass is 9.92. The van der Waals surface area contributed by atoms with Gasteiger partial charge in [0, 0.05) is 22.9 Å². The van der Waals surface area contributed by atoms with E-state index >= 15 is 0 Å². The molecule has 1 atom stereocenters. The van der Waals surface area contributed by atoms with Gasteiger partial charge in [-0.1, -0.05) is 127 Å². The minimum atomic E-state index is 0.458. The Morgan fingerprint density at radius 2 is 1.16 bits per heavy atom. The molecule has 0 bridgehead atoms. The summed E-state index contributed by atoms with van der Waals surface area (Å²) in [5, 5.41) is 3.73. The minimum Gasteiger partial charge on any atom is -0.355 e. The van der Waals surface area contributed by atoms with E-state index in [0.717, 1.165) is 17.8 Å². The summed E-state index contributed by atoms with van der Waals surface area (Å²) in [5.41, 5.74) is 10.8. The van der Waals surface area contributed by atoms with Gasteiger partial charge in [0.25, 0.3) is 0 Å². The Morgan fingerprint density at radius 1 is 0.514 bits per heavy atom. The molecule has 0 heterocycles. The number of benzene rings is 5. The lowest BCUT2D eigenvalue weighted by molar-refractivity contribution is 0.854. The molecule has 0 fully saturated rings. The highest BCUT2D eigenvalue weighted by molar-refractivity contribution is 5.86. The van der Waals surface area contributed by atoms with Crippen LogP contribution in [0.3, 0.4) is 0 Å². The number of nitrogens with one attached hydrogen (secondary N) is 1. The molecular weight excluding hydrogens is 446 g/mol. The molecule has 1 aliphatic rings. The molecule has 0 aliphatic heterocycles. The highest BCUT2D eigenvalue weighted by Crippen LogP contribution is 2.36. The van der Waals surface area contributed by atoms with Gasteiger partial charge < -0.3 is 5.32 Å². The Bertz CT molecular complexity index is 1540. The molecule has 0 saturated carbocycles. The van der Waals surface area contributed by atoms with Gasteiger partial charge in [-0.3, -0.25) is 0 Å². The minimum absolute atomic E-state index is 0.458. The van der Waals surface area contributed by atoms with Gasteiger partial charge >= 0.3 is 0 Å². The van der Waals surface area contributed by atoms with Crippen LogP contribution in [-0.4, -0.2) is 0 Å². The lowest BCUT2D eigenvalue weighted by Gasteiger charge is -2.17. The van der Waals surface area contributed by atoms with E-state index in [1.807, 2.05) is 0 Å². The maximum Gasteiger partial charge on any atom is 0.0470 e. The Balaban J connectivity index is 1.35. The first-order chi connectivity index (χ1) is 18.3. The second-order valence-electron chi connectivity index (χ2n) is 9.48. The lowest BCUT2D eigenvalue weighted by Crippen LogP contribution is -1.98. The molecule has 5 aromatic rings. The largest absolute Gasteiger partial charge is 0.355 e. The Hall–Kier alpha value is -4.62. The molecule has 1 unspecified atom stereocenters. The van der Waals surface area contributed by atoms with Gasteiger partial charge in [-0.15, -0.1) is 0 Å². The van der Waals surface area contributed by atoms with Gasteiger partial charge in [0.2, 0.25) is 0 Å². The maximum absolute atomic E-state index is 3.73. The van der Waals surface area contributed by atoms with E-state index in [9.17, 15) is 0 Å². The fraction of sp³-hybridized carbons (Fsp3) is 0.0556. The summed E-state index contributed by atoms with van der Waals surface area (Å²) in [5.74, 6) is 0.458. The molecule has 1 heteroatoms. The van der Waals surface area contributed by atoms with Crippen LogP contribution in [0, 0.1) is 0 Å². The second-order valence-corrected chi connectivity index (χ2v) is 9.48. The van der Waals surface area contributed by atoms with Crippen molar-refractivity contribution in [3.63, 3.8) is 0 Å². The van der Waals surface area contributed by atoms with Gasteiger partial charge in [-0.25, -0.2) is 0 Å². The monoisotopic (exact) mass is 475 g/mol. The number of hydrogen-bond donors (Lipinski definition) is 1. The molecule has 6 rings (SSSR count). The van der Waals surface area contributed by atoms with Gasteiger partial charge in [0.05, 0.1) is 0 Å². The summed E-state index contributed by atoms with van der Waals surface area (Å²) in [4.78, 5) is 0. The number of anilines is 2. The van der Waals surface area contributed by atoms with Crippen molar-refractivity contribution in [3.05, 3.63) is 157 Å². The van der Waals surface area contributed by atoms with E-state index < -0.39 is 0 Å². The van der Waals surface area contributed by atoms with Crippen molar-refractivity contribution in [2.45, 2.75) is 12.3 Å². The van der Waals surface area contributed by atoms with Crippen LogP contribution in [0.4, 0.5) is 11.4 Å². The third-order valence-electron chi connectivity index (χ3n) is 7.01. The average molecular weight is 476 g/mol. The topological polar surface area (TPSA) is 12.0 Å². The van der Waals surface area contributed by atoms with Crippen molar-refractivity contribution in [2.24, 2.45) is 0 Å². The predicted molar refractivity (Wildman–Crippen MR) is 158 cm³/mol. The normalized spacial score (nSPS) is 14.4. The molecule has 37 heavy (non-hydrogen) atoms. The zero-order chi connectivity index (χ0) is 24.9. The third-order valence-corrected chi connectivity index (χ3v) is 7.01. The molecule has 0 spiro atoms. The third kappa shape index (κ3) is 5.17. The van der Waals surface area contributed by atoms with Crippen LogP contribution in [0.25, 0.3) is 33.4 Å². The number of rotatable bonds is 6. The van der Waals surface area contributed by atoms with Crippen LogP contribution >= 0.6 is 0 Å². The van der Waals surface area contributed by atoms with Crippen molar-refractivity contribution in [1.82, 2.24) is 0 Å². The number of allylic oxidation sites excluding steroid dienone is 4. The summed E-state index contributed by atoms with van der Waals surface area (Å²) in [6, 6.07) is 45.5. The fourth-order valence-electron chi connectivity index (χ4n) is 5.00. The van der Waals surface area contributed by atoms with E-state index in [0.29, 0.717) is 5.92 Å². The van der Waals surface area contributed by atoms with E-state index in [1.54, 1.807) is 0 Å². The Labute approximate surface area is 219 Å². The van der Waals surface area contributed by atoms with Crippen LogP contribution in [0.1, 0.15) is 17.9 Å². The predicted octanol–water partition coefficient (Wildman–Crippen LogP) is 10.0. The maximum atomic E-state index is 3.73. The summed E-state index contributed by atoms with van der Waals surface area (Å²) in [7, 11) is 0. The van der Waals surface area contributed by atoms with Crippen LogP contribution < -0.4 is 5.32 Å². The van der Waals surface area contributed by atoms with Crippen molar-refractivity contribution in [3.8, 4) is 33.4 Å². The fourth-order valence-corrected chi connectivity index (χ4v) is 5.00. The SMILES string of the molecule is C1=CCC(c2ccc(Nc3cc(-c4cccc(-c5ccccc5)c4)ccc3-c3ccccc3)cc2)C=C1. The number of hydrogen-bond acceptors (Lipinski definition) is 1. The van der Waals surface area contributed by atoms with Crippen molar-refractivity contribution in [2.75, 3.05) is 5.32 Å². The Morgan fingerprint density at radius 3 is 1.86 bits per heavy atom. The van der Waals surface area contributed by atoms with Crippen LogP contribution in [0.15, 0.2) is 152 Å². The zero-order valence-corrected chi connectivity index (χ0v) is 20.7. The second kappa shape index (κ2) is 10.6. The van der Waals surface area contributed by atoms with Crippen molar-refractivity contribution in [1.29, 1.82) is 0 Å². The molecule has 5 aromatic carbocycles. The highest BCUT2D eigenvalue weighted by atomic mass is 14.9. The van der Waals surface area contributed by atoms with Gasteiger partial charge in [-0.2, -0.15) is 0 Å². The molecule has 1 N–H and O–H groups in total. The molecule has 0 aromatic heterocycles. The molecular formula is C36H29N. The van der Waals surface area contributed by atoms with Crippen molar-refractivity contribution < 1.29 is 0 Å². The van der Waals surface area contributed by atoms with Crippen molar-refractivity contribution >= 4 is 11.4 Å². The molecule has 0 radical (unpaired) electrons. The molecule has 1 aliphatic carbocycles. The highest BCUT2D eigenvalue weighted by Gasteiger charge is 2.11. The quantitative estimate of drug-likeness (QED) is 0.258. The van der Waals surface area contributed by atoms with Gasteiger partial charge in [-0.05, 0) is 64.1 Å². The van der Waals surface area contributed by atoms with E-state index in [1.165, 1.54) is 38.9 Å². The van der Waals surface area contributed by atoms with Crippen LogP contribution in [-0.2, 0) is 0 Å². The van der Waals surface area contributed by atoms with Gasteiger partial charge in [0.1, 0.15) is 0 Å². The first kappa shape index (κ1) is 22.8. The van der Waals surface area contributed by atoms with Crippen LogP contribution in [0.5, 0.6) is 0 Å². The first-order valence-corrected chi connectivity index (χ1v) is 12.9. The summed E-state index contributed by atoms with van der Waals surface area (Å²) >= 11 is 0. The molecule has 178 valence electrons. The Kier molecular flexibility index (Phi) is 6.51.